The number of rotatable bonds is 2. The zero-order chi connectivity index (χ0) is 13.0. The second kappa shape index (κ2) is 4.18. The first-order valence-electron chi connectivity index (χ1n) is 7.17. The topological polar surface area (TPSA) is 24.0 Å². The maximum absolute atomic E-state index is 5.49. The Labute approximate surface area is 118 Å². The summed E-state index contributed by atoms with van der Waals surface area (Å²) in [6.45, 7) is 5.64. The number of benzene rings is 1. The number of imidazole rings is 1. The van der Waals surface area contributed by atoms with Crippen LogP contribution in [0.3, 0.4) is 0 Å². The Balaban J connectivity index is 1.82. The molecule has 0 spiro atoms. The molecule has 1 aromatic carbocycles. The zero-order valence-electron chi connectivity index (χ0n) is 11.2. The lowest BCUT2D eigenvalue weighted by Gasteiger charge is -2.27. The molecule has 0 radical (unpaired) electrons. The van der Waals surface area contributed by atoms with E-state index in [1.807, 2.05) is 0 Å². The van der Waals surface area contributed by atoms with Crippen LogP contribution in [0.5, 0.6) is 0 Å². The van der Waals surface area contributed by atoms with Crippen molar-refractivity contribution >= 4 is 23.3 Å². The van der Waals surface area contributed by atoms with Crippen molar-refractivity contribution in [3.63, 3.8) is 0 Å². The molecule has 3 nitrogen and oxygen atoms in total. The molecule has 1 atom stereocenters. The number of nitrogens with zero attached hydrogens (tertiary/aromatic N) is 2. The highest BCUT2D eigenvalue weighted by Crippen LogP contribution is 2.33. The van der Waals surface area contributed by atoms with E-state index in [2.05, 4.69) is 39.6 Å². The van der Waals surface area contributed by atoms with Crippen LogP contribution in [0.4, 0.5) is 0 Å². The van der Waals surface area contributed by atoms with Crippen LogP contribution in [-0.4, -0.2) is 27.0 Å². The van der Waals surface area contributed by atoms with E-state index in [1.165, 1.54) is 36.0 Å². The average molecular weight is 273 g/mol. The molecule has 0 unspecified atom stereocenters. The quantitative estimate of drug-likeness (QED) is 0.849. The summed E-state index contributed by atoms with van der Waals surface area (Å²) in [5, 5.41) is 0. The van der Waals surface area contributed by atoms with E-state index in [-0.39, 0.29) is 0 Å². The van der Waals surface area contributed by atoms with Crippen molar-refractivity contribution in [1.82, 2.24) is 14.5 Å². The van der Waals surface area contributed by atoms with Crippen molar-refractivity contribution in [3.05, 3.63) is 28.5 Å². The Kier molecular flexibility index (Phi) is 2.57. The van der Waals surface area contributed by atoms with Crippen LogP contribution in [0.1, 0.15) is 25.3 Å². The van der Waals surface area contributed by atoms with Gasteiger partial charge in [-0.05, 0) is 49.5 Å². The normalized spacial score (nSPS) is 23.7. The fourth-order valence-corrected chi connectivity index (χ4v) is 3.50. The molecule has 0 saturated heterocycles. The van der Waals surface area contributed by atoms with Gasteiger partial charge < -0.3 is 9.55 Å². The molecule has 4 heteroatoms. The highest BCUT2D eigenvalue weighted by Gasteiger charge is 2.29. The smallest absolute Gasteiger partial charge is 0.178 e. The van der Waals surface area contributed by atoms with Crippen LogP contribution in [0.15, 0.2) is 18.2 Å². The van der Waals surface area contributed by atoms with Crippen molar-refractivity contribution in [2.45, 2.75) is 38.9 Å². The first-order chi connectivity index (χ1) is 9.22. The molecule has 4 rings (SSSR count). The molecular weight excluding hydrogens is 254 g/mol. The van der Waals surface area contributed by atoms with Gasteiger partial charge in [-0.3, -0.25) is 4.90 Å². The fraction of sp³-hybridized carbons (Fsp3) is 0.533. The fourth-order valence-electron chi connectivity index (χ4n) is 3.23. The molecule has 1 N–H and O–H groups in total. The van der Waals surface area contributed by atoms with E-state index in [9.17, 15) is 0 Å². The SMILES string of the molecule is C[C@H]1Cn2c(=S)[nH]c3cccc(c32)CN1CC1CC1. The number of hydrogen-bond donors (Lipinski definition) is 1. The third kappa shape index (κ3) is 1.94. The van der Waals surface area contributed by atoms with Gasteiger partial charge in [-0.2, -0.15) is 0 Å². The van der Waals surface area contributed by atoms with E-state index in [0.717, 1.165) is 23.8 Å². The zero-order valence-corrected chi connectivity index (χ0v) is 12.0. The highest BCUT2D eigenvalue weighted by atomic mass is 32.1. The van der Waals surface area contributed by atoms with Crippen molar-refractivity contribution in [3.8, 4) is 0 Å². The van der Waals surface area contributed by atoms with E-state index in [1.54, 1.807) is 0 Å². The van der Waals surface area contributed by atoms with Crippen molar-refractivity contribution in [1.29, 1.82) is 0 Å². The number of aromatic amines is 1. The minimum atomic E-state index is 0.554. The van der Waals surface area contributed by atoms with Gasteiger partial charge in [0.2, 0.25) is 0 Å². The second-order valence-electron chi connectivity index (χ2n) is 6.08. The van der Waals surface area contributed by atoms with Crippen molar-refractivity contribution < 1.29 is 0 Å². The molecule has 100 valence electrons. The summed E-state index contributed by atoms with van der Waals surface area (Å²) in [7, 11) is 0. The molecule has 0 amide bonds. The first-order valence-corrected chi connectivity index (χ1v) is 7.57. The third-order valence-electron chi connectivity index (χ3n) is 4.51. The Morgan fingerprint density at radius 3 is 3.00 bits per heavy atom. The lowest BCUT2D eigenvalue weighted by molar-refractivity contribution is 0.181. The molecule has 0 bridgehead atoms. The summed E-state index contributed by atoms with van der Waals surface area (Å²) in [6, 6.07) is 7.07. The van der Waals surface area contributed by atoms with E-state index >= 15 is 0 Å². The first kappa shape index (κ1) is 11.7. The Hall–Kier alpha value is -1.13. The minimum Gasteiger partial charge on any atom is -0.331 e. The summed E-state index contributed by atoms with van der Waals surface area (Å²) in [5.41, 5.74) is 3.91. The highest BCUT2D eigenvalue weighted by molar-refractivity contribution is 7.71. The Morgan fingerprint density at radius 2 is 2.21 bits per heavy atom. The molecule has 2 aliphatic rings. The predicted octanol–water partition coefficient (Wildman–Crippen LogP) is 3.31. The lowest BCUT2D eigenvalue weighted by Crippen LogP contribution is -2.35. The van der Waals surface area contributed by atoms with Gasteiger partial charge in [-0.25, -0.2) is 0 Å². The minimum absolute atomic E-state index is 0.554. The lowest BCUT2D eigenvalue weighted by atomic mass is 10.1. The monoisotopic (exact) mass is 273 g/mol. The van der Waals surface area contributed by atoms with Gasteiger partial charge >= 0.3 is 0 Å². The molecule has 1 saturated carbocycles. The van der Waals surface area contributed by atoms with Gasteiger partial charge in [0, 0.05) is 25.7 Å². The number of nitrogens with one attached hydrogen (secondary N) is 1. The van der Waals surface area contributed by atoms with Crippen LogP contribution in [0.2, 0.25) is 0 Å². The van der Waals surface area contributed by atoms with Gasteiger partial charge in [-0.1, -0.05) is 12.1 Å². The second-order valence-corrected chi connectivity index (χ2v) is 6.46. The number of aromatic nitrogens is 2. The third-order valence-corrected chi connectivity index (χ3v) is 4.83. The van der Waals surface area contributed by atoms with Crippen LogP contribution >= 0.6 is 12.2 Å². The summed E-state index contributed by atoms with van der Waals surface area (Å²) >= 11 is 5.49. The number of H-pyrrole nitrogens is 1. The molecule has 2 aromatic rings. The molecular formula is C15H19N3S. The van der Waals surface area contributed by atoms with Crippen LogP contribution in [0, 0.1) is 10.7 Å². The van der Waals surface area contributed by atoms with Gasteiger partial charge in [-0.15, -0.1) is 0 Å². The summed E-state index contributed by atoms with van der Waals surface area (Å²) in [5.74, 6) is 0.939. The van der Waals surface area contributed by atoms with Gasteiger partial charge in [0.25, 0.3) is 0 Å². The summed E-state index contributed by atoms with van der Waals surface area (Å²) < 4.78 is 3.15. The van der Waals surface area contributed by atoms with Crippen LogP contribution in [0.25, 0.3) is 11.0 Å². The standard InChI is InChI=1S/C15H19N3S/c1-10-7-18-14-12(9-17(10)8-11-5-6-11)3-2-4-13(14)16-15(18)19/h2-4,10-11H,5-9H2,1H3,(H,16,19)/t10-/m0/s1. The Morgan fingerprint density at radius 1 is 1.37 bits per heavy atom. The maximum atomic E-state index is 5.49. The predicted molar refractivity (Wildman–Crippen MR) is 79.7 cm³/mol. The molecule has 19 heavy (non-hydrogen) atoms. The summed E-state index contributed by atoms with van der Waals surface area (Å²) in [4.78, 5) is 5.97. The average Bonchev–Trinajstić information content (AvgIpc) is 3.15. The summed E-state index contributed by atoms with van der Waals surface area (Å²) in [6.07, 6.45) is 2.83. The van der Waals surface area contributed by atoms with E-state index < -0.39 is 0 Å². The molecule has 1 aliphatic heterocycles. The maximum Gasteiger partial charge on any atom is 0.178 e. The van der Waals surface area contributed by atoms with Crippen molar-refractivity contribution in [2.75, 3.05) is 6.54 Å². The van der Waals surface area contributed by atoms with Gasteiger partial charge in [0.15, 0.2) is 4.77 Å². The largest absolute Gasteiger partial charge is 0.331 e. The van der Waals surface area contributed by atoms with Crippen LogP contribution < -0.4 is 0 Å². The number of hydrogen-bond acceptors (Lipinski definition) is 2. The molecule has 1 aromatic heterocycles. The van der Waals surface area contributed by atoms with Crippen LogP contribution in [-0.2, 0) is 13.1 Å². The van der Waals surface area contributed by atoms with Gasteiger partial charge in [0.1, 0.15) is 0 Å². The van der Waals surface area contributed by atoms with E-state index in [0.29, 0.717) is 6.04 Å². The van der Waals surface area contributed by atoms with Crippen molar-refractivity contribution in [2.24, 2.45) is 5.92 Å². The van der Waals surface area contributed by atoms with Gasteiger partial charge in [0.05, 0.1) is 11.0 Å². The van der Waals surface area contributed by atoms with E-state index in [4.69, 9.17) is 12.2 Å². The molecule has 1 fully saturated rings. The molecule has 2 heterocycles. The Bertz CT molecular complexity index is 680. The molecule has 1 aliphatic carbocycles. The number of para-hydroxylation sites is 1.